The van der Waals surface area contributed by atoms with E-state index in [0.717, 1.165) is 67.8 Å². The summed E-state index contributed by atoms with van der Waals surface area (Å²) >= 11 is 0. The van der Waals surface area contributed by atoms with Crippen molar-refractivity contribution in [3.63, 3.8) is 0 Å². The molecule has 1 saturated carbocycles. The van der Waals surface area contributed by atoms with Crippen molar-refractivity contribution in [3.05, 3.63) is 41.2 Å². The lowest BCUT2D eigenvalue weighted by atomic mass is 9.77. The van der Waals surface area contributed by atoms with Crippen LogP contribution in [0.5, 0.6) is 0 Å². The van der Waals surface area contributed by atoms with Crippen LogP contribution in [-0.4, -0.2) is 124 Å². The van der Waals surface area contributed by atoms with Gasteiger partial charge < -0.3 is 20.2 Å². The highest BCUT2D eigenvalue weighted by molar-refractivity contribution is 7.89. The predicted molar refractivity (Wildman–Crippen MR) is 188 cm³/mol. The molecule has 0 radical (unpaired) electrons. The Morgan fingerprint density at radius 2 is 1.59 bits per heavy atom. The second kappa shape index (κ2) is 14.4. The Labute approximate surface area is 291 Å². The largest absolute Gasteiger partial charge is 0.390 e. The first-order valence-electron chi connectivity index (χ1n) is 18.3. The normalized spacial score (nSPS) is 24.0. The lowest BCUT2D eigenvalue weighted by Gasteiger charge is -2.52. The first-order chi connectivity index (χ1) is 23.4. The molecule has 3 aliphatic heterocycles. The van der Waals surface area contributed by atoms with Crippen LogP contribution in [0.2, 0.25) is 0 Å². The molecule has 4 aliphatic rings. The maximum absolute atomic E-state index is 14.0. The van der Waals surface area contributed by atoms with Gasteiger partial charge in [-0.1, -0.05) is 32.6 Å². The fraction of sp³-hybridized carbons (Fsp3) is 0.694. The molecule has 13 heteroatoms. The van der Waals surface area contributed by atoms with E-state index in [1.54, 1.807) is 16.4 Å². The van der Waals surface area contributed by atoms with E-state index in [4.69, 9.17) is 5.10 Å². The van der Waals surface area contributed by atoms with Gasteiger partial charge >= 0.3 is 0 Å². The number of piperidine rings is 1. The Hall–Kier alpha value is -2.84. The molecule has 1 atom stereocenters. The Morgan fingerprint density at radius 1 is 0.939 bits per heavy atom. The number of aryl methyl sites for hydroxylation is 1. The molecule has 0 unspecified atom stereocenters. The van der Waals surface area contributed by atoms with Crippen molar-refractivity contribution < 1.29 is 23.1 Å². The first-order valence-corrected chi connectivity index (χ1v) is 19.7. The zero-order valence-electron chi connectivity index (χ0n) is 29.8. The minimum atomic E-state index is -3.55. The maximum atomic E-state index is 14.0. The van der Waals surface area contributed by atoms with Crippen LogP contribution in [-0.2, 0) is 26.2 Å². The number of piperazine rings is 2. The molecule has 0 bridgehead atoms. The molecular formula is C36H55N7O5S. The van der Waals surface area contributed by atoms with E-state index in [0.29, 0.717) is 76.3 Å². The summed E-state index contributed by atoms with van der Waals surface area (Å²) in [5.41, 5.74) is 2.06. The molecule has 1 aliphatic carbocycles. The van der Waals surface area contributed by atoms with E-state index >= 15 is 0 Å². The summed E-state index contributed by atoms with van der Waals surface area (Å²) in [6, 6.07) is 6.31. The lowest BCUT2D eigenvalue weighted by Crippen LogP contribution is -2.73. The van der Waals surface area contributed by atoms with Crippen LogP contribution in [0.25, 0.3) is 5.69 Å². The molecule has 1 spiro atoms. The zero-order valence-corrected chi connectivity index (χ0v) is 30.6. The molecular weight excluding hydrogens is 643 g/mol. The zero-order chi connectivity index (χ0) is 35.0. The van der Waals surface area contributed by atoms with Gasteiger partial charge in [-0.25, -0.2) is 13.1 Å². The summed E-state index contributed by atoms with van der Waals surface area (Å²) in [4.78, 5) is 34.5. The third-order valence-corrected chi connectivity index (χ3v) is 13.5. The van der Waals surface area contributed by atoms with Crippen LogP contribution in [0.15, 0.2) is 29.2 Å². The van der Waals surface area contributed by atoms with Crippen LogP contribution >= 0.6 is 0 Å². The molecule has 1 aromatic heterocycles. The first kappa shape index (κ1) is 36.0. The molecule has 1 aromatic carbocycles. The van der Waals surface area contributed by atoms with E-state index in [1.807, 2.05) is 42.6 Å². The molecule has 2 N–H and O–H groups in total. The van der Waals surface area contributed by atoms with Gasteiger partial charge in [0, 0.05) is 70.0 Å². The van der Waals surface area contributed by atoms with Crippen molar-refractivity contribution in [1.82, 2.24) is 34.1 Å². The second-order valence-corrected chi connectivity index (χ2v) is 16.9. The molecule has 12 nitrogen and oxygen atoms in total. The molecule has 6 rings (SSSR count). The number of nitrogens with zero attached hydrogens (tertiary/aromatic N) is 6. The number of sulfonamides is 1. The van der Waals surface area contributed by atoms with Crippen LogP contribution < -0.4 is 5.32 Å². The van der Waals surface area contributed by atoms with E-state index < -0.39 is 27.2 Å². The van der Waals surface area contributed by atoms with Crippen molar-refractivity contribution in [3.8, 4) is 5.69 Å². The summed E-state index contributed by atoms with van der Waals surface area (Å²) < 4.78 is 29.9. The summed E-state index contributed by atoms with van der Waals surface area (Å²) in [7, 11) is -1.55. The third kappa shape index (κ3) is 7.19. The SMILES string of the molecule is CCCCN1C(=O)[C@@H](CC2(O)CCCCC2)NC(=O)C12CCN(Cc1c(C)nn(-c3ccc(S(=O)(=O)N4CCN(C)CC4)cc3)c1C)CC2. The summed E-state index contributed by atoms with van der Waals surface area (Å²) in [5, 5.41) is 19.1. The number of carbonyl (C=O) groups is 2. The summed E-state index contributed by atoms with van der Waals surface area (Å²) in [5.74, 6) is -0.124. The Kier molecular flexibility index (Phi) is 10.6. The van der Waals surface area contributed by atoms with Crippen molar-refractivity contribution >= 4 is 21.8 Å². The third-order valence-electron chi connectivity index (χ3n) is 11.6. The van der Waals surface area contributed by atoms with Gasteiger partial charge in [0.15, 0.2) is 0 Å². The maximum Gasteiger partial charge on any atom is 0.246 e. The van der Waals surface area contributed by atoms with E-state index in [9.17, 15) is 23.1 Å². The van der Waals surface area contributed by atoms with Gasteiger partial charge in [0.1, 0.15) is 11.6 Å². The van der Waals surface area contributed by atoms with Gasteiger partial charge in [-0.15, -0.1) is 0 Å². The topological polar surface area (TPSA) is 131 Å². The number of likely N-dealkylation sites (tertiary alicyclic amines) is 1. The average Bonchev–Trinajstić information content (AvgIpc) is 3.37. The lowest BCUT2D eigenvalue weighted by molar-refractivity contribution is -0.163. The smallest absolute Gasteiger partial charge is 0.246 e. The highest BCUT2D eigenvalue weighted by atomic mass is 32.2. The summed E-state index contributed by atoms with van der Waals surface area (Å²) in [6.07, 6.45) is 7.55. The number of nitrogens with one attached hydrogen (secondary N) is 1. The van der Waals surface area contributed by atoms with Gasteiger partial charge in [0.2, 0.25) is 21.8 Å². The minimum Gasteiger partial charge on any atom is -0.390 e. The monoisotopic (exact) mass is 697 g/mol. The number of benzene rings is 1. The van der Waals surface area contributed by atoms with E-state index in [2.05, 4.69) is 22.0 Å². The molecule has 2 amide bonds. The second-order valence-electron chi connectivity index (χ2n) is 14.9. The standard InChI is InChI=1S/C36H55N7O5S/c1-5-6-18-42-33(44)32(25-35(46)14-8-7-9-15-35)37-34(45)36(42)16-19-40(20-17-36)26-31-27(2)38-43(28(31)3)29-10-12-30(13-11-29)49(47,48)41-23-21-39(4)22-24-41/h10-13,32,46H,5-9,14-26H2,1-4H3,(H,37,45)/t32-/m1/s1. The van der Waals surface area contributed by atoms with Gasteiger partial charge in [0.05, 0.1) is 21.9 Å². The number of unbranched alkanes of at least 4 members (excludes halogenated alkanes) is 1. The average molecular weight is 698 g/mol. The van der Waals surface area contributed by atoms with Crippen molar-refractivity contribution in [2.45, 2.75) is 114 Å². The molecule has 3 saturated heterocycles. The van der Waals surface area contributed by atoms with Crippen LogP contribution in [0, 0.1) is 13.8 Å². The Bertz CT molecular complexity index is 1600. The number of aliphatic hydroxyl groups is 1. The quantitative estimate of drug-likeness (QED) is 0.388. The highest BCUT2D eigenvalue weighted by Gasteiger charge is 2.54. The Balaban J connectivity index is 1.13. The number of hydrogen-bond donors (Lipinski definition) is 2. The van der Waals surface area contributed by atoms with Crippen LogP contribution in [0.4, 0.5) is 0 Å². The number of aromatic nitrogens is 2. The molecule has 4 fully saturated rings. The van der Waals surface area contributed by atoms with Gasteiger partial charge in [-0.3, -0.25) is 14.5 Å². The van der Waals surface area contributed by atoms with Crippen LogP contribution in [0.1, 0.15) is 88.1 Å². The molecule has 2 aromatic rings. The fourth-order valence-electron chi connectivity index (χ4n) is 8.34. The van der Waals surface area contributed by atoms with E-state index in [1.165, 1.54) is 0 Å². The number of carbonyl (C=O) groups excluding carboxylic acids is 2. The van der Waals surface area contributed by atoms with E-state index in [-0.39, 0.29) is 11.8 Å². The molecule has 270 valence electrons. The molecule has 4 heterocycles. The van der Waals surface area contributed by atoms with Crippen molar-refractivity contribution in [2.24, 2.45) is 0 Å². The number of amides is 2. The summed E-state index contributed by atoms with van der Waals surface area (Å²) in [6.45, 7) is 11.1. The van der Waals surface area contributed by atoms with Crippen molar-refractivity contribution in [1.29, 1.82) is 0 Å². The number of hydrogen-bond acceptors (Lipinski definition) is 8. The van der Waals surface area contributed by atoms with Crippen LogP contribution in [0.3, 0.4) is 0 Å². The highest BCUT2D eigenvalue weighted by Crippen LogP contribution is 2.38. The van der Waals surface area contributed by atoms with Gasteiger partial charge in [-0.05, 0) is 77.3 Å². The Morgan fingerprint density at radius 3 is 2.22 bits per heavy atom. The molecule has 49 heavy (non-hydrogen) atoms. The minimum absolute atomic E-state index is 0.0455. The fourth-order valence-corrected chi connectivity index (χ4v) is 9.76. The number of likely N-dealkylation sites (N-methyl/N-ethyl adjacent to an activating group) is 1. The van der Waals surface area contributed by atoms with Gasteiger partial charge in [-0.2, -0.15) is 9.40 Å². The number of rotatable bonds is 10. The predicted octanol–water partition coefficient (Wildman–Crippen LogP) is 2.97. The van der Waals surface area contributed by atoms with Gasteiger partial charge in [0.25, 0.3) is 0 Å². The van der Waals surface area contributed by atoms with Crippen molar-refractivity contribution in [2.75, 3.05) is 52.9 Å².